The molecule has 0 aromatic heterocycles. The topological polar surface area (TPSA) is 47.6 Å². The molecule has 3 nitrogen and oxygen atoms in total. The highest BCUT2D eigenvalue weighted by atomic mass is 127. The van der Waals surface area contributed by atoms with Gasteiger partial charge >= 0.3 is 0 Å². The molecule has 1 aliphatic heterocycles. The van der Waals surface area contributed by atoms with Crippen LogP contribution in [0.4, 0.5) is 0 Å². The first kappa shape index (κ1) is 9.92. The fraction of sp³-hybridized carbons (Fsp3) is 0.300. The monoisotopic (exact) mass is 302 g/mol. The molecule has 0 bridgehead atoms. The van der Waals surface area contributed by atoms with E-state index in [1.807, 2.05) is 6.07 Å². The molecule has 1 heterocycles. The van der Waals surface area contributed by atoms with Crippen molar-refractivity contribution in [2.45, 2.75) is 6.04 Å². The van der Waals surface area contributed by atoms with E-state index >= 15 is 0 Å². The van der Waals surface area contributed by atoms with E-state index in [0.29, 0.717) is 19.0 Å². The summed E-state index contributed by atoms with van der Waals surface area (Å²) in [5.74, 6) is 0.583. The molecule has 14 heavy (non-hydrogen) atoms. The number of nitrogens with two attached hydrogens (primary N) is 1. The summed E-state index contributed by atoms with van der Waals surface area (Å²) in [6, 6.07) is 8.31. The van der Waals surface area contributed by atoms with Crippen molar-refractivity contribution in [2.24, 2.45) is 10.7 Å². The summed E-state index contributed by atoms with van der Waals surface area (Å²) in [5, 5.41) is 0. The van der Waals surface area contributed by atoms with E-state index in [1.54, 1.807) is 0 Å². The second kappa shape index (κ2) is 4.27. The fourth-order valence-electron chi connectivity index (χ4n) is 1.43. The van der Waals surface area contributed by atoms with Crippen LogP contribution in [0, 0.1) is 3.57 Å². The second-order valence-electron chi connectivity index (χ2n) is 3.21. The van der Waals surface area contributed by atoms with E-state index in [1.165, 1.54) is 9.13 Å². The summed E-state index contributed by atoms with van der Waals surface area (Å²) < 4.78 is 6.54. The number of rotatable bonds is 1. The summed E-state index contributed by atoms with van der Waals surface area (Å²) in [5.41, 5.74) is 6.79. The Morgan fingerprint density at radius 1 is 1.50 bits per heavy atom. The predicted octanol–water partition coefficient (Wildman–Crippen LogP) is 1.72. The first-order chi connectivity index (χ1) is 6.75. The minimum Gasteiger partial charge on any atom is -0.386 e. The molecule has 1 aromatic rings. The lowest BCUT2D eigenvalue weighted by Crippen LogP contribution is -2.27. The maximum absolute atomic E-state index is 5.62. The molecule has 0 spiro atoms. The Morgan fingerprint density at radius 2 is 2.36 bits per heavy atom. The maximum Gasteiger partial charge on any atom is 0.121 e. The standard InChI is InChI=1S/C10H11IN2O/c11-8-3-1-2-7(4-8)9-5-14-6-10(12)13-9/h1-4,9H,5-6H2,(H2,12,13)/t9-/m0/s1. The zero-order valence-corrected chi connectivity index (χ0v) is 9.77. The van der Waals surface area contributed by atoms with Gasteiger partial charge in [-0.1, -0.05) is 12.1 Å². The smallest absolute Gasteiger partial charge is 0.121 e. The highest BCUT2D eigenvalue weighted by Crippen LogP contribution is 2.21. The van der Waals surface area contributed by atoms with E-state index in [2.05, 4.69) is 45.8 Å². The lowest BCUT2D eigenvalue weighted by Gasteiger charge is -2.19. The van der Waals surface area contributed by atoms with Gasteiger partial charge in [0.1, 0.15) is 18.5 Å². The Hall–Kier alpha value is -0.620. The van der Waals surface area contributed by atoms with E-state index < -0.39 is 0 Å². The number of ether oxygens (including phenoxy) is 1. The fourth-order valence-corrected chi connectivity index (χ4v) is 2.00. The summed E-state index contributed by atoms with van der Waals surface area (Å²) in [4.78, 5) is 4.36. The van der Waals surface area contributed by atoms with Crippen LogP contribution in [0.1, 0.15) is 11.6 Å². The molecule has 2 rings (SSSR count). The Labute approximate surface area is 96.5 Å². The van der Waals surface area contributed by atoms with Crippen LogP contribution >= 0.6 is 22.6 Å². The molecule has 0 saturated carbocycles. The minimum absolute atomic E-state index is 0.0680. The number of hydrogen-bond acceptors (Lipinski definition) is 3. The van der Waals surface area contributed by atoms with Crippen molar-refractivity contribution in [2.75, 3.05) is 13.2 Å². The van der Waals surface area contributed by atoms with Crippen molar-refractivity contribution >= 4 is 28.4 Å². The Kier molecular flexibility index (Phi) is 3.02. The van der Waals surface area contributed by atoms with Crippen LogP contribution in [0.3, 0.4) is 0 Å². The summed E-state index contributed by atoms with van der Waals surface area (Å²) >= 11 is 2.29. The van der Waals surface area contributed by atoms with Gasteiger partial charge in [0, 0.05) is 3.57 Å². The maximum atomic E-state index is 5.62. The molecule has 0 aliphatic carbocycles. The van der Waals surface area contributed by atoms with Crippen molar-refractivity contribution in [1.82, 2.24) is 0 Å². The number of nitrogens with zero attached hydrogens (tertiary/aromatic N) is 1. The van der Waals surface area contributed by atoms with Gasteiger partial charge in [-0.3, -0.25) is 4.99 Å². The molecular weight excluding hydrogens is 291 g/mol. The highest BCUT2D eigenvalue weighted by molar-refractivity contribution is 14.1. The minimum atomic E-state index is 0.0680. The highest BCUT2D eigenvalue weighted by Gasteiger charge is 2.15. The molecule has 1 atom stereocenters. The average molecular weight is 302 g/mol. The molecule has 2 N–H and O–H groups in total. The van der Waals surface area contributed by atoms with Gasteiger partial charge in [-0.15, -0.1) is 0 Å². The lowest BCUT2D eigenvalue weighted by molar-refractivity contribution is 0.143. The van der Waals surface area contributed by atoms with Crippen LogP contribution in [0.25, 0.3) is 0 Å². The van der Waals surface area contributed by atoms with Gasteiger partial charge in [0.25, 0.3) is 0 Å². The Balaban J connectivity index is 2.26. The van der Waals surface area contributed by atoms with Crippen LogP contribution in [0.2, 0.25) is 0 Å². The summed E-state index contributed by atoms with van der Waals surface area (Å²) in [7, 11) is 0. The normalized spacial score (nSPS) is 21.8. The largest absolute Gasteiger partial charge is 0.386 e. The lowest BCUT2D eigenvalue weighted by atomic mass is 10.1. The van der Waals surface area contributed by atoms with Gasteiger partial charge in [-0.2, -0.15) is 0 Å². The first-order valence-corrected chi connectivity index (χ1v) is 5.49. The molecule has 4 heteroatoms. The van der Waals surface area contributed by atoms with E-state index in [0.717, 1.165) is 0 Å². The molecule has 1 aliphatic rings. The molecule has 74 valence electrons. The SMILES string of the molecule is NC1=N[C@H](c2cccc(I)c2)COC1. The van der Waals surface area contributed by atoms with Gasteiger partial charge in [0.2, 0.25) is 0 Å². The quantitative estimate of drug-likeness (QED) is 0.803. The van der Waals surface area contributed by atoms with E-state index in [9.17, 15) is 0 Å². The second-order valence-corrected chi connectivity index (χ2v) is 4.45. The van der Waals surface area contributed by atoms with E-state index in [-0.39, 0.29) is 6.04 Å². The third-order valence-corrected chi connectivity index (χ3v) is 2.75. The van der Waals surface area contributed by atoms with Crippen LogP contribution in [0.15, 0.2) is 29.3 Å². The van der Waals surface area contributed by atoms with Gasteiger partial charge in [0.05, 0.1) is 6.61 Å². The van der Waals surface area contributed by atoms with Crippen molar-refractivity contribution < 1.29 is 4.74 Å². The number of benzene rings is 1. The van der Waals surface area contributed by atoms with Gasteiger partial charge in [-0.25, -0.2) is 0 Å². The molecule has 0 fully saturated rings. The van der Waals surface area contributed by atoms with Crippen molar-refractivity contribution in [3.8, 4) is 0 Å². The van der Waals surface area contributed by atoms with Crippen molar-refractivity contribution in [3.63, 3.8) is 0 Å². The number of aliphatic imine (C=N–C) groups is 1. The van der Waals surface area contributed by atoms with Crippen LogP contribution < -0.4 is 5.73 Å². The van der Waals surface area contributed by atoms with Crippen molar-refractivity contribution in [1.29, 1.82) is 0 Å². The predicted molar refractivity (Wildman–Crippen MR) is 64.3 cm³/mol. The number of hydrogen-bond donors (Lipinski definition) is 1. The number of halogens is 1. The van der Waals surface area contributed by atoms with Gasteiger partial charge in [0.15, 0.2) is 0 Å². The molecular formula is C10H11IN2O. The van der Waals surface area contributed by atoms with Crippen LogP contribution in [0.5, 0.6) is 0 Å². The third kappa shape index (κ3) is 2.24. The first-order valence-electron chi connectivity index (χ1n) is 4.41. The van der Waals surface area contributed by atoms with E-state index in [4.69, 9.17) is 10.5 Å². The Morgan fingerprint density at radius 3 is 3.07 bits per heavy atom. The molecule has 1 aromatic carbocycles. The van der Waals surface area contributed by atoms with Crippen LogP contribution in [-0.4, -0.2) is 19.0 Å². The average Bonchev–Trinajstić information content (AvgIpc) is 2.18. The van der Waals surface area contributed by atoms with Gasteiger partial charge < -0.3 is 10.5 Å². The third-order valence-electron chi connectivity index (χ3n) is 2.08. The Bertz CT molecular complexity index is 365. The number of amidine groups is 1. The summed E-state index contributed by atoms with van der Waals surface area (Å²) in [6.45, 7) is 1.08. The molecule has 0 unspecified atom stereocenters. The molecule has 0 amide bonds. The van der Waals surface area contributed by atoms with Crippen LogP contribution in [-0.2, 0) is 4.74 Å². The molecule has 0 saturated heterocycles. The molecule has 0 radical (unpaired) electrons. The van der Waals surface area contributed by atoms with Gasteiger partial charge in [-0.05, 0) is 40.3 Å². The summed E-state index contributed by atoms with van der Waals surface area (Å²) in [6.07, 6.45) is 0. The zero-order chi connectivity index (χ0) is 9.97. The van der Waals surface area contributed by atoms with Crippen molar-refractivity contribution in [3.05, 3.63) is 33.4 Å². The zero-order valence-electron chi connectivity index (χ0n) is 7.61.